The van der Waals surface area contributed by atoms with Crippen molar-refractivity contribution in [3.63, 3.8) is 0 Å². The van der Waals surface area contributed by atoms with Crippen LogP contribution in [0.2, 0.25) is 0 Å². The lowest BCUT2D eigenvalue weighted by Gasteiger charge is -2.26. The lowest BCUT2D eigenvalue weighted by atomic mass is 10.0. The first-order chi connectivity index (χ1) is 14.8. The SMILES string of the molecule is Cc1ccc(CC(=O)N2CCCC2c2nc(N(C)C)ncc2-c2onc(C)c2C)cc1. The maximum absolute atomic E-state index is 13.3. The molecule has 7 nitrogen and oxygen atoms in total. The minimum absolute atomic E-state index is 0.112. The van der Waals surface area contributed by atoms with Crippen molar-refractivity contribution in [1.29, 1.82) is 0 Å². The van der Waals surface area contributed by atoms with Gasteiger partial charge in [0, 0.05) is 32.4 Å². The molecule has 0 bridgehead atoms. The zero-order valence-corrected chi connectivity index (χ0v) is 18.8. The largest absolute Gasteiger partial charge is 0.356 e. The third-order valence-electron chi connectivity index (χ3n) is 5.97. The second kappa shape index (κ2) is 8.49. The number of hydrogen-bond acceptors (Lipinski definition) is 6. The van der Waals surface area contributed by atoms with Crippen LogP contribution in [-0.4, -0.2) is 46.6 Å². The van der Waals surface area contributed by atoms with Crippen LogP contribution in [0.15, 0.2) is 35.0 Å². The van der Waals surface area contributed by atoms with Gasteiger partial charge in [-0.2, -0.15) is 0 Å². The lowest BCUT2D eigenvalue weighted by molar-refractivity contribution is -0.131. The Morgan fingerprint density at radius 1 is 1.19 bits per heavy atom. The molecule has 1 aliphatic rings. The summed E-state index contributed by atoms with van der Waals surface area (Å²) in [4.78, 5) is 26.5. The van der Waals surface area contributed by atoms with Crippen molar-refractivity contribution >= 4 is 11.9 Å². The minimum Gasteiger partial charge on any atom is -0.356 e. The summed E-state index contributed by atoms with van der Waals surface area (Å²) in [6.07, 6.45) is 3.99. The van der Waals surface area contributed by atoms with E-state index < -0.39 is 0 Å². The molecule has 0 aliphatic carbocycles. The van der Waals surface area contributed by atoms with Crippen molar-refractivity contribution in [1.82, 2.24) is 20.0 Å². The fourth-order valence-electron chi connectivity index (χ4n) is 4.03. The number of nitrogens with zero attached hydrogens (tertiary/aromatic N) is 5. The summed E-state index contributed by atoms with van der Waals surface area (Å²) in [6, 6.07) is 8.04. The van der Waals surface area contributed by atoms with Crippen LogP contribution in [0.3, 0.4) is 0 Å². The molecule has 0 spiro atoms. The van der Waals surface area contributed by atoms with Crippen LogP contribution in [0.25, 0.3) is 11.3 Å². The van der Waals surface area contributed by atoms with Crippen LogP contribution in [-0.2, 0) is 11.2 Å². The lowest BCUT2D eigenvalue weighted by Crippen LogP contribution is -2.32. The smallest absolute Gasteiger partial charge is 0.227 e. The Morgan fingerprint density at radius 2 is 1.94 bits per heavy atom. The molecular weight excluding hydrogens is 390 g/mol. The van der Waals surface area contributed by atoms with E-state index in [1.54, 1.807) is 6.20 Å². The molecule has 1 unspecified atom stereocenters. The van der Waals surface area contributed by atoms with Crippen LogP contribution in [0.1, 0.15) is 47.0 Å². The van der Waals surface area contributed by atoms with Crippen molar-refractivity contribution in [2.75, 3.05) is 25.5 Å². The van der Waals surface area contributed by atoms with E-state index in [9.17, 15) is 4.79 Å². The molecule has 2 aromatic heterocycles. The molecule has 0 N–H and O–H groups in total. The highest BCUT2D eigenvalue weighted by Crippen LogP contribution is 2.38. The summed E-state index contributed by atoms with van der Waals surface area (Å²) in [5.74, 6) is 1.41. The number of anilines is 1. The molecule has 3 heterocycles. The first kappa shape index (κ1) is 21.0. The summed E-state index contributed by atoms with van der Waals surface area (Å²) in [6.45, 7) is 6.68. The number of aromatic nitrogens is 3. The number of rotatable bonds is 5. The van der Waals surface area contributed by atoms with Gasteiger partial charge in [-0.1, -0.05) is 35.0 Å². The molecule has 31 heavy (non-hydrogen) atoms. The van der Waals surface area contributed by atoms with Gasteiger partial charge < -0.3 is 14.3 Å². The van der Waals surface area contributed by atoms with Crippen LogP contribution in [0.5, 0.6) is 0 Å². The van der Waals surface area contributed by atoms with Crippen LogP contribution in [0.4, 0.5) is 5.95 Å². The van der Waals surface area contributed by atoms with Gasteiger partial charge in [0.2, 0.25) is 11.9 Å². The molecule has 7 heteroatoms. The van der Waals surface area contributed by atoms with Gasteiger partial charge in [-0.25, -0.2) is 9.97 Å². The molecule has 0 saturated carbocycles. The van der Waals surface area contributed by atoms with E-state index in [2.05, 4.69) is 10.1 Å². The summed E-state index contributed by atoms with van der Waals surface area (Å²) in [5.41, 5.74) is 5.67. The number of carbonyl (C=O) groups excluding carboxylic acids is 1. The Kier molecular flexibility index (Phi) is 5.76. The third kappa shape index (κ3) is 4.17. The molecule has 0 radical (unpaired) electrons. The zero-order valence-electron chi connectivity index (χ0n) is 18.8. The Bertz CT molecular complexity index is 1090. The monoisotopic (exact) mass is 419 g/mol. The quantitative estimate of drug-likeness (QED) is 0.622. The van der Waals surface area contributed by atoms with Crippen LogP contribution in [0, 0.1) is 20.8 Å². The molecule has 3 aromatic rings. The molecule has 4 rings (SSSR count). The van der Waals surface area contributed by atoms with Gasteiger partial charge in [0.15, 0.2) is 5.76 Å². The number of likely N-dealkylation sites (tertiary alicyclic amines) is 1. The van der Waals surface area contributed by atoms with Crippen LogP contribution >= 0.6 is 0 Å². The molecule has 1 fully saturated rings. The Balaban J connectivity index is 1.70. The molecule has 1 saturated heterocycles. The van der Waals surface area contributed by atoms with E-state index in [0.29, 0.717) is 18.1 Å². The maximum atomic E-state index is 13.3. The summed E-state index contributed by atoms with van der Waals surface area (Å²) in [7, 11) is 3.83. The second-order valence-electron chi connectivity index (χ2n) is 8.49. The summed E-state index contributed by atoms with van der Waals surface area (Å²) in [5, 5.41) is 4.11. The van der Waals surface area contributed by atoms with Crippen molar-refractivity contribution in [3.05, 3.63) is 58.5 Å². The van der Waals surface area contributed by atoms with Crippen LogP contribution < -0.4 is 4.90 Å². The maximum Gasteiger partial charge on any atom is 0.227 e. The topological polar surface area (TPSA) is 75.4 Å². The van der Waals surface area contributed by atoms with Gasteiger partial charge in [0.25, 0.3) is 0 Å². The standard InChI is InChI=1S/C24H29N5O2/c1-15-8-10-18(11-9-15)13-21(30)29-12-6-7-20(29)22-19(14-25-24(26-22)28(4)5)23-16(2)17(3)27-31-23/h8-11,14,20H,6-7,12-13H2,1-5H3. The predicted octanol–water partition coefficient (Wildman–Crippen LogP) is 4.03. The van der Waals surface area contributed by atoms with Crippen molar-refractivity contribution in [2.24, 2.45) is 0 Å². The fraction of sp³-hybridized carbons (Fsp3) is 0.417. The normalized spacial score (nSPS) is 16.0. The van der Waals surface area contributed by atoms with E-state index >= 15 is 0 Å². The van der Waals surface area contributed by atoms with Gasteiger partial charge in [0.05, 0.1) is 29.4 Å². The first-order valence-electron chi connectivity index (χ1n) is 10.7. The average Bonchev–Trinajstić information content (AvgIpc) is 3.37. The summed E-state index contributed by atoms with van der Waals surface area (Å²) >= 11 is 0. The molecule has 1 aromatic carbocycles. The number of amides is 1. The van der Waals surface area contributed by atoms with Crippen molar-refractivity contribution in [2.45, 2.75) is 46.1 Å². The minimum atomic E-state index is -0.112. The van der Waals surface area contributed by atoms with Gasteiger partial charge >= 0.3 is 0 Å². The van der Waals surface area contributed by atoms with E-state index in [4.69, 9.17) is 9.51 Å². The average molecular weight is 420 g/mol. The number of benzene rings is 1. The third-order valence-corrected chi connectivity index (χ3v) is 5.97. The predicted molar refractivity (Wildman–Crippen MR) is 120 cm³/mol. The molecular formula is C24H29N5O2. The number of aryl methyl sites for hydroxylation is 2. The van der Waals surface area contributed by atoms with Gasteiger partial charge in [-0.15, -0.1) is 0 Å². The highest BCUT2D eigenvalue weighted by Gasteiger charge is 2.34. The highest BCUT2D eigenvalue weighted by atomic mass is 16.5. The Labute approximate surface area is 183 Å². The zero-order chi connectivity index (χ0) is 22.1. The molecule has 1 amide bonds. The van der Waals surface area contributed by atoms with Crippen molar-refractivity contribution < 1.29 is 9.32 Å². The van der Waals surface area contributed by atoms with Crippen molar-refractivity contribution in [3.8, 4) is 11.3 Å². The molecule has 1 atom stereocenters. The van der Waals surface area contributed by atoms with Gasteiger partial charge in [-0.3, -0.25) is 4.79 Å². The Hall–Kier alpha value is -3.22. The number of hydrogen-bond donors (Lipinski definition) is 0. The summed E-state index contributed by atoms with van der Waals surface area (Å²) < 4.78 is 5.64. The Morgan fingerprint density at radius 3 is 2.58 bits per heavy atom. The highest BCUT2D eigenvalue weighted by molar-refractivity contribution is 5.80. The fourth-order valence-corrected chi connectivity index (χ4v) is 4.03. The molecule has 162 valence electrons. The molecule has 1 aliphatic heterocycles. The van der Waals surface area contributed by atoms with Gasteiger partial charge in [0.1, 0.15) is 0 Å². The van der Waals surface area contributed by atoms with E-state index in [0.717, 1.165) is 47.5 Å². The van der Waals surface area contributed by atoms with E-state index in [1.165, 1.54) is 5.56 Å². The second-order valence-corrected chi connectivity index (χ2v) is 8.49. The van der Waals surface area contributed by atoms with Gasteiger partial charge in [-0.05, 0) is 39.2 Å². The van der Waals surface area contributed by atoms with E-state index in [1.807, 2.05) is 68.9 Å². The number of carbonyl (C=O) groups is 1. The first-order valence-corrected chi connectivity index (χ1v) is 10.7. The van der Waals surface area contributed by atoms with E-state index in [-0.39, 0.29) is 11.9 Å².